The van der Waals surface area contributed by atoms with E-state index in [2.05, 4.69) is 0 Å². The van der Waals surface area contributed by atoms with Gasteiger partial charge in [-0.25, -0.2) is 4.79 Å². The molecule has 1 aromatic rings. The Hall–Kier alpha value is -1.88. The first-order valence-corrected chi connectivity index (χ1v) is 7.81. The van der Waals surface area contributed by atoms with Crippen LogP contribution in [0.15, 0.2) is 24.3 Å². The van der Waals surface area contributed by atoms with Crippen LogP contribution in [0.5, 0.6) is 0 Å². The average molecular weight is 303 g/mol. The van der Waals surface area contributed by atoms with E-state index in [4.69, 9.17) is 4.74 Å². The fourth-order valence-corrected chi connectivity index (χ4v) is 3.60. The van der Waals surface area contributed by atoms with Gasteiger partial charge in [0.15, 0.2) is 6.04 Å². The van der Waals surface area contributed by atoms with Crippen molar-refractivity contribution in [3.05, 3.63) is 35.4 Å². The minimum absolute atomic E-state index is 0.0763. The van der Waals surface area contributed by atoms with Gasteiger partial charge in [0.25, 0.3) is 5.91 Å². The zero-order chi connectivity index (χ0) is 15.7. The summed E-state index contributed by atoms with van der Waals surface area (Å²) in [7, 11) is 0. The van der Waals surface area contributed by atoms with Crippen LogP contribution >= 0.6 is 0 Å². The standard InChI is InChI=1S/C17H21NO4/c1-12-7-3-4-8-13(12)15(19)18-14(16(20)21)11-22-17(18)9-5-2-6-10-17/h3-4,7-8,14H,2,5-6,9-11H2,1H3,(H,20,21). The average Bonchev–Trinajstić information content (AvgIpc) is 2.87. The Morgan fingerprint density at radius 1 is 1.23 bits per heavy atom. The summed E-state index contributed by atoms with van der Waals surface area (Å²) in [6.07, 6.45) is 4.46. The maximum Gasteiger partial charge on any atom is 0.328 e. The highest BCUT2D eigenvalue weighted by Gasteiger charge is 2.53. The predicted octanol–water partition coefficient (Wildman–Crippen LogP) is 2.58. The molecule has 0 bridgehead atoms. The van der Waals surface area contributed by atoms with Crippen LogP contribution < -0.4 is 0 Å². The second kappa shape index (κ2) is 5.72. The highest BCUT2D eigenvalue weighted by atomic mass is 16.5. The number of carbonyl (C=O) groups is 2. The summed E-state index contributed by atoms with van der Waals surface area (Å²) >= 11 is 0. The Bertz CT molecular complexity index is 592. The molecule has 5 heteroatoms. The third-order valence-electron chi connectivity index (χ3n) is 4.77. The zero-order valence-electron chi connectivity index (χ0n) is 12.7. The first-order chi connectivity index (χ1) is 10.6. The van der Waals surface area contributed by atoms with Crippen LogP contribution in [0.4, 0.5) is 0 Å². The number of hydrogen-bond donors (Lipinski definition) is 1. The molecule has 1 amide bonds. The molecule has 2 aliphatic rings. The van der Waals surface area contributed by atoms with Crippen molar-refractivity contribution >= 4 is 11.9 Å². The van der Waals surface area contributed by atoms with Gasteiger partial charge in [0, 0.05) is 5.56 Å². The Kier molecular flexibility index (Phi) is 3.91. The topological polar surface area (TPSA) is 66.8 Å². The van der Waals surface area contributed by atoms with E-state index in [1.54, 1.807) is 12.1 Å². The molecule has 0 aromatic heterocycles. The van der Waals surface area contributed by atoms with E-state index in [1.807, 2.05) is 19.1 Å². The van der Waals surface area contributed by atoms with Crippen LogP contribution in [0.1, 0.15) is 48.0 Å². The van der Waals surface area contributed by atoms with Gasteiger partial charge < -0.3 is 9.84 Å². The monoisotopic (exact) mass is 303 g/mol. The molecule has 1 aliphatic carbocycles. The minimum atomic E-state index is -0.996. The number of carboxylic acids is 1. The van der Waals surface area contributed by atoms with E-state index in [1.165, 1.54) is 4.90 Å². The van der Waals surface area contributed by atoms with Crippen molar-refractivity contribution in [1.82, 2.24) is 4.90 Å². The summed E-state index contributed by atoms with van der Waals surface area (Å²) in [6, 6.07) is 6.40. The van der Waals surface area contributed by atoms with Crippen molar-refractivity contribution in [3.63, 3.8) is 0 Å². The second-order valence-electron chi connectivity index (χ2n) is 6.16. The lowest BCUT2D eigenvalue weighted by Crippen LogP contribution is -2.54. The van der Waals surface area contributed by atoms with Gasteiger partial charge in [0.1, 0.15) is 5.72 Å². The number of rotatable bonds is 2. The lowest BCUT2D eigenvalue weighted by atomic mass is 9.89. The minimum Gasteiger partial charge on any atom is -0.480 e. The first kappa shape index (κ1) is 15.0. The van der Waals surface area contributed by atoms with Crippen molar-refractivity contribution in [1.29, 1.82) is 0 Å². The van der Waals surface area contributed by atoms with Crippen LogP contribution in [-0.2, 0) is 9.53 Å². The summed E-state index contributed by atoms with van der Waals surface area (Å²) in [6.45, 7) is 1.94. The molecule has 3 rings (SSSR count). The predicted molar refractivity (Wildman–Crippen MR) is 80.5 cm³/mol. The van der Waals surface area contributed by atoms with Gasteiger partial charge in [-0.2, -0.15) is 0 Å². The molecule has 1 aromatic carbocycles. The number of aryl methyl sites for hydroxylation is 1. The van der Waals surface area contributed by atoms with Crippen molar-refractivity contribution in [2.24, 2.45) is 0 Å². The Labute approximate surface area is 129 Å². The highest BCUT2D eigenvalue weighted by molar-refractivity contribution is 5.98. The molecule has 1 saturated carbocycles. The van der Waals surface area contributed by atoms with E-state index in [-0.39, 0.29) is 12.5 Å². The fourth-order valence-electron chi connectivity index (χ4n) is 3.60. The zero-order valence-corrected chi connectivity index (χ0v) is 12.7. The summed E-state index contributed by atoms with van der Waals surface area (Å²) in [5.41, 5.74) is 0.680. The van der Waals surface area contributed by atoms with Crippen LogP contribution in [0.2, 0.25) is 0 Å². The molecular formula is C17H21NO4. The van der Waals surface area contributed by atoms with E-state index in [0.717, 1.165) is 24.8 Å². The van der Waals surface area contributed by atoms with E-state index in [9.17, 15) is 14.7 Å². The van der Waals surface area contributed by atoms with Crippen molar-refractivity contribution in [2.45, 2.75) is 50.8 Å². The van der Waals surface area contributed by atoms with Gasteiger partial charge in [-0.3, -0.25) is 9.69 Å². The number of ether oxygens (including phenoxy) is 1. The molecule has 1 saturated heterocycles. The van der Waals surface area contributed by atoms with Crippen molar-refractivity contribution in [2.75, 3.05) is 6.61 Å². The molecule has 1 aliphatic heterocycles. The number of amides is 1. The van der Waals surface area contributed by atoms with E-state index in [0.29, 0.717) is 18.4 Å². The molecule has 5 nitrogen and oxygen atoms in total. The quantitative estimate of drug-likeness (QED) is 0.912. The second-order valence-corrected chi connectivity index (χ2v) is 6.16. The van der Waals surface area contributed by atoms with Crippen molar-refractivity contribution < 1.29 is 19.4 Å². The van der Waals surface area contributed by atoms with Gasteiger partial charge in [-0.05, 0) is 44.2 Å². The number of aliphatic carboxylic acids is 1. The summed E-state index contributed by atoms with van der Waals surface area (Å²) in [5.74, 6) is -1.23. The lowest BCUT2D eigenvalue weighted by molar-refractivity contribution is -0.143. The molecule has 118 valence electrons. The molecule has 22 heavy (non-hydrogen) atoms. The maximum atomic E-state index is 13.0. The molecular weight excluding hydrogens is 282 g/mol. The first-order valence-electron chi connectivity index (χ1n) is 7.81. The normalized spacial score (nSPS) is 23.7. The van der Waals surface area contributed by atoms with Crippen LogP contribution in [0.25, 0.3) is 0 Å². The number of carbonyl (C=O) groups excluding carboxylic acids is 1. The third kappa shape index (κ3) is 2.39. The summed E-state index contributed by atoms with van der Waals surface area (Å²) in [4.78, 5) is 26.1. The Morgan fingerprint density at radius 3 is 2.55 bits per heavy atom. The van der Waals surface area contributed by atoms with Crippen molar-refractivity contribution in [3.8, 4) is 0 Å². The van der Waals surface area contributed by atoms with Gasteiger partial charge in [0.05, 0.1) is 6.61 Å². The maximum absolute atomic E-state index is 13.0. The lowest BCUT2D eigenvalue weighted by Gasteiger charge is -2.41. The highest BCUT2D eigenvalue weighted by Crippen LogP contribution is 2.41. The number of hydrogen-bond acceptors (Lipinski definition) is 3. The Morgan fingerprint density at radius 2 is 1.91 bits per heavy atom. The van der Waals surface area contributed by atoms with E-state index >= 15 is 0 Å². The molecule has 1 unspecified atom stereocenters. The fraction of sp³-hybridized carbons (Fsp3) is 0.529. The van der Waals surface area contributed by atoms with Gasteiger partial charge in [-0.15, -0.1) is 0 Å². The number of carboxylic acid groups (broad SMARTS) is 1. The van der Waals surface area contributed by atoms with Gasteiger partial charge >= 0.3 is 5.97 Å². The molecule has 2 fully saturated rings. The molecule has 1 heterocycles. The molecule has 1 N–H and O–H groups in total. The molecule has 1 spiro atoms. The molecule has 0 radical (unpaired) electrons. The largest absolute Gasteiger partial charge is 0.480 e. The summed E-state index contributed by atoms with van der Waals surface area (Å²) < 4.78 is 5.87. The van der Waals surface area contributed by atoms with Crippen LogP contribution in [0, 0.1) is 6.92 Å². The Balaban J connectivity index is 2.00. The van der Waals surface area contributed by atoms with Gasteiger partial charge in [0.2, 0.25) is 0 Å². The SMILES string of the molecule is Cc1ccccc1C(=O)N1C(C(=O)O)COC12CCCCC2. The molecule has 1 atom stereocenters. The smallest absolute Gasteiger partial charge is 0.328 e. The van der Waals surface area contributed by atoms with Crippen LogP contribution in [0.3, 0.4) is 0 Å². The number of nitrogens with zero attached hydrogens (tertiary/aromatic N) is 1. The summed E-state index contributed by atoms with van der Waals surface area (Å²) in [5, 5.41) is 9.49. The number of benzene rings is 1. The van der Waals surface area contributed by atoms with Crippen LogP contribution in [-0.4, -0.2) is 40.3 Å². The third-order valence-corrected chi connectivity index (χ3v) is 4.77. The van der Waals surface area contributed by atoms with Gasteiger partial charge in [-0.1, -0.05) is 24.6 Å². The van der Waals surface area contributed by atoms with E-state index < -0.39 is 17.7 Å².